The van der Waals surface area contributed by atoms with Crippen LogP contribution in [-0.2, 0) is 9.59 Å². The Bertz CT molecular complexity index is 96.4. The molecule has 0 saturated heterocycles. The summed E-state index contributed by atoms with van der Waals surface area (Å²) in [6, 6.07) is 0. The maximum absolute atomic E-state index is 9.90. The van der Waals surface area contributed by atoms with Crippen LogP contribution in [0.3, 0.4) is 0 Å². The number of aliphatic carboxylic acids is 1. The molecule has 0 aromatic rings. The van der Waals surface area contributed by atoms with Crippen LogP contribution in [0.5, 0.6) is 0 Å². The van der Waals surface area contributed by atoms with E-state index in [2.05, 4.69) is 0 Å². The number of hydrogen-bond acceptors (Lipinski definition) is 2. The van der Waals surface area contributed by atoms with E-state index in [4.69, 9.17) is 9.90 Å². The first-order valence-electron chi connectivity index (χ1n) is 2.69. The molecule has 4 heteroatoms. The molecule has 48 valence electrons. The zero-order valence-electron chi connectivity index (χ0n) is 5.97. The Balaban J connectivity index is 0. The number of carboxylic acids is 1. The van der Waals surface area contributed by atoms with Crippen molar-refractivity contribution < 1.29 is 14.7 Å². The van der Waals surface area contributed by atoms with Gasteiger partial charge in [-0.3, -0.25) is 4.79 Å². The van der Waals surface area contributed by atoms with E-state index < -0.39 is 5.97 Å². The molecule has 0 aliphatic carbocycles. The number of carbonyl (C=O) groups is 2. The summed E-state index contributed by atoms with van der Waals surface area (Å²) in [6.07, 6.45) is 0.750. The first-order chi connectivity index (χ1) is 4.00. The van der Waals surface area contributed by atoms with Crippen molar-refractivity contribution in [3.8, 4) is 0 Å². The van der Waals surface area contributed by atoms with E-state index in [0.717, 1.165) is 13.3 Å². The van der Waals surface area contributed by atoms with E-state index >= 15 is 0 Å². The molecule has 0 amide bonds. The van der Waals surface area contributed by atoms with Gasteiger partial charge in [-0.05, 0) is 0 Å². The van der Waals surface area contributed by atoms with Gasteiger partial charge in [0.05, 0.1) is 0 Å². The van der Waals surface area contributed by atoms with Crippen molar-refractivity contribution in [2.45, 2.75) is 20.3 Å². The Morgan fingerprint density at radius 1 is 1.56 bits per heavy atom. The molecule has 1 N–H and O–H groups in total. The third-order valence-electron chi connectivity index (χ3n) is 0.498. The molecule has 9 heavy (non-hydrogen) atoms. The van der Waals surface area contributed by atoms with Crippen molar-refractivity contribution in [3.05, 3.63) is 0 Å². The van der Waals surface area contributed by atoms with Crippen LogP contribution in [0.4, 0.5) is 0 Å². The fourth-order valence-electron chi connectivity index (χ4n) is 0. The minimum absolute atomic E-state index is 0.432. The van der Waals surface area contributed by atoms with Gasteiger partial charge in [0.1, 0.15) is 0 Å². The van der Waals surface area contributed by atoms with Gasteiger partial charge >= 0.3 is 67.0 Å². The molecule has 0 saturated carbocycles. The first-order valence-corrected chi connectivity index (χ1v) is 4.25. The molecule has 0 heterocycles. The van der Waals surface area contributed by atoms with Crippen molar-refractivity contribution in [2.75, 3.05) is 0 Å². The Kier molecular flexibility index (Phi) is 12.1. The van der Waals surface area contributed by atoms with Gasteiger partial charge in [-0.1, -0.05) is 0 Å². The summed E-state index contributed by atoms with van der Waals surface area (Å²) < 4.78 is 0.442. The Morgan fingerprint density at radius 2 is 1.67 bits per heavy atom. The van der Waals surface area contributed by atoms with Crippen molar-refractivity contribution in [3.63, 3.8) is 0 Å². The van der Waals surface area contributed by atoms with Crippen molar-refractivity contribution in [1.29, 1.82) is 0 Å². The maximum atomic E-state index is 9.90. The summed E-state index contributed by atoms with van der Waals surface area (Å²) in [6.45, 7) is 2.98. The van der Waals surface area contributed by atoms with E-state index in [1.165, 1.54) is 0 Å². The zero-order valence-corrected chi connectivity index (χ0v) is 9.09. The van der Waals surface area contributed by atoms with Gasteiger partial charge in [-0.2, -0.15) is 0 Å². The van der Waals surface area contributed by atoms with Crippen LogP contribution in [0.25, 0.3) is 0 Å². The van der Waals surface area contributed by atoms with Crippen molar-refractivity contribution in [1.82, 2.24) is 0 Å². The summed E-state index contributed by atoms with van der Waals surface area (Å²) in [5.41, 5.74) is 0. The molecule has 0 spiro atoms. The van der Waals surface area contributed by atoms with Crippen LogP contribution < -0.4 is 0 Å². The van der Waals surface area contributed by atoms with Crippen LogP contribution in [0.1, 0.15) is 20.3 Å². The quantitative estimate of drug-likeness (QED) is 0.551. The van der Waals surface area contributed by atoms with E-state index in [-0.39, 0.29) is 0 Å². The second-order valence-electron chi connectivity index (χ2n) is 1.57. The molecule has 0 rings (SSSR count). The molecule has 0 aliphatic rings. The molecule has 0 aromatic heterocycles. The van der Waals surface area contributed by atoms with Crippen LogP contribution in [0, 0.1) is 0 Å². The second kappa shape index (κ2) is 8.78. The SMILES string of the molecule is CC(=O)O.CC[C](=O)[K]. The first kappa shape index (κ1) is 12.5. The topological polar surface area (TPSA) is 54.4 Å². The molecule has 0 fully saturated rings. The molecule has 0 atom stereocenters. The number of carbonyl (C=O) groups excluding carboxylic acids is 1. The van der Waals surface area contributed by atoms with Crippen LogP contribution in [0.15, 0.2) is 0 Å². The van der Waals surface area contributed by atoms with Gasteiger partial charge in [0.2, 0.25) is 0 Å². The predicted molar refractivity (Wildman–Crippen MR) is 34.4 cm³/mol. The zero-order chi connectivity index (χ0) is 7.86. The minimum atomic E-state index is -0.833. The molecule has 3 nitrogen and oxygen atoms in total. The fraction of sp³-hybridized carbons (Fsp3) is 0.600. The van der Waals surface area contributed by atoms with Crippen LogP contribution in [-0.4, -0.2) is 59.9 Å². The van der Waals surface area contributed by atoms with Crippen molar-refractivity contribution >= 4 is 54.8 Å². The predicted octanol–water partition coefficient (Wildman–Crippen LogP) is 0.182. The third-order valence-corrected chi connectivity index (χ3v) is 1.60. The summed E-state index contributed by atoms with van der Waals surface area (Å²) in [7, 11) is 0. The van der Waals surface area contributed by atoms with E-state index in [0.29, 0.717) is 48.8 Å². The molecule has 0 radical (unpaired) electrons. The third kappa shape index (κ3) is 52.3. The molecule has 0 aliphatic heterocycles. The Labute approximate surface area is 88.4 Å². The summed E-state index contributed by atoms with van der Waals surface area (Å²) in [5.74, 6) is -0.833. The molecule has 0 aromatic carbocycles. The van der Waals surface area contributed by atoms with E-state index in [9.17, 15) is 4.79 Å². The summed E-state index contributed by atoms with van der Waals surface area (Å²) >= 11 is 0.432. The average molecular weight is 156 g/mol. The Hall–Kier alpha value is 0.776. The van der Waals surface area contributed by atoms with Crippen LogP contribution in [0.2, 0.25) is 0 Å². The van der Waals surface area contributed by atoms with E-state index in [1.807, 2.05) is 6.92 Å². The van der Waals surface area contributed by atoms with Gasteiger partial charge in [-0.25, -0.2) is 0 Å². The fourth-order valence-corrected chi connectivity index (χ4v) is 0. The normalized spacial score (nSPS) is 7.11. The van der Waals surface area contributed by atoms with Gasteiger partial charge in [-0.15, -0.1) is 0 Å². The standard InChI is InChI=1S/C3H5O.C2H4O2.K/c1-2-3-4;1-2(3)4;/h2H2,1H3;1H3,(H,3,4);. The molecular formula is C5H9KO3. The Morgan fingerprint density at radius 3 is 1.67 bits per heavy atom. The number of hydrogen-bond donors (Lipinski definition) is 1. The van der Waals surface area contributed by atoms with Crippen molar-refractivity contribution in [2.24, 2.45) is 0 Å². The second-order valence-corrected chi connectivity index (χ2v) is 3.32. The molecule has 0 bridgehead atoms. The van der Waals surface area contributed by atoms with E-state index in [1.54, 1.807) is 0 Å². The monoisotopic (exact) mass is 156 g/mol. The summed E-state index contributed by atoms with van der Waals surface area (Å²) in [5, 5.41) is 7.42. The van der Waals surface area contributed by atoms with Gasteiger partial charge in [0, 0.05) is 6.92 Å². The van der Waals surface area contributed by atoms with Gasteiger partial charge in [0.25, 0.3) is 5.97 Å². The molecule has 0 unspecified atom stereocenters. The number of carboxylic acid groups (broad SMARTS) is 1. The van der Waals surface area contributed by atoms with Gasteiger partial charge < -0.3 is 5.11 Å². The summed E-state index contributed by atoms with van der Waals surface area (Å²) in [4.78, 5) is 18.9. The number of rotatable bonds is 1. The van der Waals surface area contributed by atoms with Crippen LogP contribution >= 0.6 is 0 Å². The van der Waals surface area contributed by atoms with Gasteiger partial charge in [0.15, 0.2) is 0 Å². The molecular weight excluding hydrogens is 147 g/mol. The average Bonchev–Trinajstić information content (AvgIpc) is 1.65.